The molecular formula is C35H49N3O3. The van der Waals surface area contributed by atoms with E-state index in [2.05, 4.69) is 35.8 Å². The minimum absolute atomic E-state index is 0.0785. The number of carbonyl (C=O) groups is 1. The van der Waals surface area contributed by atoms with E-state index in [0.29, 0.717) is 26.2 Å². The molecule has 1 aromatic heterocycles. The van der Waals surface area contributed by atoms with Gasteiger partial charge in [0.1, 0.15) is 19.0 Å². The number of unbranched alkanes of at least 4 members (excludes halogenated alkanes) is 13. The molecule has 0 saturated carbocycles. The highest BCUT2D eigenvalue weighted by Gasteiger charge is 2.35. The number of anilines is 1. The monoisotopic (exact) mass is 559 g/mol. The number of benzene rings is 2. The normalized spacial score (nSPS) is 16.7. The Bertz CT molecular complexity index is 1250. The van der Waals surface area contributed by atoms with Crippen molar-refractivity contribution in [1.82, 2.24) is 9.55 Å². The van der Waals surface area contributed by atoms with Gasteiger partial charge in [0.15, 0.2) is 11.5 Å². The summed E-state index contributed by atoms with van der Waals surface area (Å²) in [6, 6.07) is 14.2. The van der Waals surface area contributed by atoms with Crippen molar-refractivity contribution in [2.24, 2.45) is 0 Å². The van der Waals surface area contributed by atoms with Crippen LogP contribution < -0.4 is 14.4 Å². The molecule has 1 saturated heterocycles. The molecule has 0 spiro atoms. The molecule has 222 valence electrons. The van der Waals surface area contributed by atoms with Gasteiger partial charge in [0.2, 0.25) is 5.91 Å². The van der Waals surface area contributed by atoms with Gasteiger partial charge in [0.25, 0.3) is 0 Å². The second-order valence-electron chi connectivity index (χ2n) is 11.9. The van der Waals surface area contributed by atoms with Crippen LogP contribution in [0.25, 0.3) is 11.0 Å². The Labute approximate surface area is 246 Å². The average Bonchev–Trinajstić information content (AvgIpc) is 3.57. The van der Waals surface area contributed by atoms with Gasteiger partial charge in [-0.2, -0.15) is 0 Å². The number of amides is 1. The van der Waals surface area contributed by atoms with Crippen LogP contribution in [-0.2, 0) is 11.3 Å². The average molecular weight is 560 g/mol. The molecule has 0 bridgehead atoms. The number of fused-ring (bicyclic) bond motifs is 2. The van der Waals surface area contributed by atoms with Gasteiger partial charge in [-0.3, -0.25) is 4.79 Å². The Kier molecular flexibility index (Phi) is 11.0. The van der Waals surface area contributed by atoms with E-state index in [9.17, 15) is 4.79 Å². The molecule has 0 radical (unpaired) electrons. The minimum atomic E-state index is 0.0785. The van der Waals surface area contributed by atoms with Gasteiger partial charge in [0.05, 0.1) is 11.0 Å². The standard InChI is InChI=1S/C35H49N3O3/c1-2-3-4-5-6-7-8-9-10-11-12-13-14-17-22-37-31-19-16-15-18-30(31)36-35(37)28-25-34(39)38(27-28)29-20-21-32-33(26-29)41-24-23-40-32/h15-16,18-21,26,28H,2-14,17,22-25,27H2,1H3. The number of rotatable bonds is 17. The number of aromatic nitrogens is 2. The molecule has 1 amide bonds. The second-order valence-corrected chi connectivity index (χ2v) is 11.9. The van der Waals surface area contributed by atoms with E-state index in [0.717, 1.165) is 41.5 Å². The summed E-state index contributed by atoms with van der Waals surface area (Å²) in [5.74, 6) is 2.74. The number of aryl methyl sites for hydroxylation is 1. The van der Waals surface area contributed by atoms with Crippen LogP contribution in [0.2, 0.25) is 0 Å². The van der Waals surface area contributed by atoms with Crippen molar-refractivity contribution in [2.45, 2.75) is 116 Å². The van der Waals surface area contributed by atoms with Gasteiger partial charge in [-0.1, -0.05) is 103 Å². The van der Waals surface area contributed by atoms with E-state index in [-0.39, 0.29) is 11.8 Å². The number of carbonyl (C=O) groups excluding carboxylic acids is 1. The molecule has 3 heterocycles. The Morgan fingerprint density at radius 2 is 1.41 bits per heavy atom. The number of hydrogen-bond acceptors (Lipinski definition) is 4. The molecule has 1 fully saturated rings. The molecule has 2 aromatic carbocycles. The molecule has 3 aromatic rings. The summed E-state index contributed by atoms with van der Waals surface area (Å²) in [6.45, 7) is 4.99. The minimum Gasteiger partial charge on any atom is -0.486 e. The van der Waals surface area contributed by atoms with Crippen LogP contribution in [0.4, 0.5) is 5.69 Å². The van der Waals surface area contributed by atoms with Crippen molar-refractivity contribution in [1.29, 1.82) is 0 Å². The van der Waals surface area contributed by atoms with Crippen LogP contribution in [0.1, 0.15) is 115 Å². The topological polar surface area (TPSA) is 56.6 Å². The third-order valence-corrected chi connectivity index (χ3v) is 8.75. The lowest BCUT2D eigenvalue weighted by atomic mass is 10.0. The highest BCUT2D eigenvalue weighted by molar-refractivity contribution is 5.97. The zero-order chi connectivity index (χ0) is 28.3. The Morgan fingerprint density at radius 3 is 2.12 bits per heavy atom. The van der Waals surface area contributed by atoms with Crippen molar-refractivity contribution in [2.75, 3.05) is 24.7 Å². The number of nitrogens with zero attached hydrogens (tertiary/aromatic N) is 3. The fourth-order valence-corrected chi connectivity index (χ4v) is 6.44. The Balaban J connectivity index is 1.09. The van der Waals surface area contributed by atoms with E-state index in [1.807, 2.05) is 23.1 Å². The number of para-hydroxylation sites is 2. The van der Waals surface area contributed by atoms with Gasteiger partial charge >= 0.3 is 0 Å². The van der Waals surface area contributed by atoms with Crippen LogP contribution in [0.5, 0.6) is 11.5 Å². The first kappa shape index (κ1) is 29.5. The molecule has 1 atom stereocenters. The number of ether oxygens (including phenoxy) is 2. The lowest BCUT2D eigenvalue weighted by Gasteiger charge is -2.22. The van der Waals surface area contributed by atoms with Crippen molar-refractivity contribution >= 4 is 22.6 Å². The van der Waals surface area contributed by atoms with Crippen molar-refractivity contribution in [3.63, 3.8) is 0 Å². The zero-order valence-corrected chi connectivity index (χ0v) is 25.1. The van der Waals surface area contributed by atoms with Crippen LogP contribution in [0.15, 0.2) is 42.5 Å². The van der Waals surface area contributed by atoms with Gasteiger partial charge in [-0.15, -0.1) is 0 Å². The summed E-state index contributed by atoms with van der Waals surface area (Å²) in [6.07, 6.45) is 19.5. The summed E-state index contributed by atoms with van der Waals surface area (Å²) in [5.41, 5.74) is 3.08. The molecule has 5 rings (SSSR count). The fraction of sp³-hybridized carbons (Fsp3) is 0.600. The maximum atomic E-state index is 13.2. The highest BCUT2D eigenvalue weighted by Crippen LogP contribution is 2.38. The number of hydrogen-bond donors (Lipinski definition) is 0. The first-order valence-electron chi connectivity index (χ1n) is 16.4. The van der Waals surface area contributed by atoms with Crippen molar-refractivity contribution < 1.29 is 14.3 Å². The molecule has 0 aliphatic carbocycles. The van der Waals surface area contributed by atoms with Crippen LogP contribution in [0, 0.1) is 0 Å². The maximum absolute atomic E-state index is 13.2. The molecule has 6 nitrogen and oxygen atoms in total. The molecular weight excluding hydrogens is 510 g/mol. The first-order valence-corrected chi connectivity index (χ1v) is 16.4. The lowest BCUT2D eigenvalue weighted by molar-refractivity contribution is -0.117. The molecule has 0 N–H and O–H groups in total. The smallest absolute Gasteiger partial charge is 0.227 e. The third kappa shape index (κ3) is 7.84. The quantitative estimate of drug-likeness (QED) is 0.155. The van der Waals surface area contributed by atoms with Gasteiger partial charge in [-0.25, -0.2) is 4.98 Å². The van der Waals surface area contributed by atoms with Gasteiger partial charge in [0, 0.05) is 37.2 Å². The zero-order valence-electron chi connectivity index (χ0n) is 25.1. The highest BCUT2D eigenvalue weighted by atomic mass is 16.6. The van der Waals surface area contributed by atoms with Gasteiger partial charge in [-0.05, 0) is 30.7 Å². The van der Waals surface area contributed by atoms with Crippen molar-refractivity contribution in [3.8, 4) is 11.5 Å². The predicted molar refractivity (Wildman–Crippen MR) is 167 cm³/mol. The summed E-state index contributed by atoms with van der Waals surface area (Å²) in [5, 5.41) is 0. The van der Waals surface area contributed by atoms with Crippen LogP contribution >= 0.6 is 0 Å². The summed E-state index contributed by atoms with van der Waals surface area (Å²) in [7, 11) is 0. The van der Waals surface area contributed by atoms with E-state index >= 15 is 0 Å². The van der Waals surface area contributed by atoms with Gasteiger partial charge < -0.3 is 18.9 Å². The Hall–Kier alpha value is -3.02. The largest absolute Gasteiger partial charge is 0.486 e. The Morgan fingerprint density at radius 1 is 0.780 bits per heavy atom. The van der Waals surface area contributed by atoms with E-state index in [1.54, 1.807) is 0 Å². The molecule has 6 heteroatoms. The number of imidazole rings is 1. The van der Waals surface area contributed by atoms with Crippen LogP contribution in [0.3, 0.4) is 0 Å². The summed E-state index contributed by atoms with van der Waals surface area (Å²) >= 11 is 0. The van der Waals surface area contributed by atoms with Crippen molar-refractivity contribution in [3.05, 3.63) is 48.3 Å². The van der Waals surface area contributed by atoms with E-state index in [4.69, 9.17) is 14.5 Å². The summed E-state index contributed by atoms with van der Waals surface area (Å²) in [4.78, 5) is 20.1. The summed E-state index contributed by atoms with van der Waals surface area (Å²) < 4.78 is 13.8. The second kappa shape index (κ2) is 15.3. The molecule has 2 aliphatic heterocycles. The van der Waals surface area contributed by atoms with Crippen LogP contribution in [-0.4, -0.2) is 35.2 Å². The third-order valence-electron chi connectivity index (χ3n) is 8.75. The SMILES string of the molecule is CCCCCCCCCCCCCCCCn1c(C2CC(=O)N(c3ccc4c(c3)OCCO4)C2)nc2ccccc21. The predicted octanol–water partition coefficient (Wildman–Crippen LogP) is 8.81. The molecule has 2 aliphatic rings. The van der Waals surface area contributed by atoms with E-state index in [1.165, 1.54) is 89.0 Å². The lowest BCUT2D eigenvalue weighted by Crippen LogP contribution is -2.25. The molecule has 1 unspecified atom stereocenters. The molecule has 41 heavy (non-hydrogen) atoms. The first-order chi connectivity index (χ1) is 20.2. The fourth-order valence-electron chi connectivity index (χ4n) is 6.44. The maximum Gasteiger partial charge on any atom is 0.227 e. The van der Waals surface area contributed by atoms with E-state index < -0.39 is 0 Å².